The number of amides is 3. The van der Waals surface area contributed by atoms with Crippen LogP contribution in [0.4, 0.5) is 10.5 Å². The predicted octanol–water partition coefficient (Wildman–Crippen LogP) is 2.48. The topological polar surface area (TPSA) is 61.4 Å². The highest BCUT2D eigenvalue weighted by Gasteiger charge is 2.25. The van der Waals surface area contributed by atoms with Crippen LogP contribution in [0, 0.1) is 0 Å². The lowest BCUT2D eigenvalue weighted by Crippen LogP contribution is -2.46. The molecule has 1 aliphatic heterocycles. The van der Waals surface area contributed by atoms with E-state index in [-0.39, 0.29) is 24.5 Å². The van der Waals surface area contributed by atoms with Crippen molar-refractivity contribution in [1.29, 1.82) is 0 Å². The lowest BCUT2D eigenvalue weighted by Gasteiger charge is -2.27. The Bertz CT molecular complexity index is 538. The molecule has 1 fully saturated rings. The van der Waals surface area contributed by atoms with Crippen LogP contribution in [0.1, 0.15) is 37.7 Å². The molecule has 0 saturated heterocycles. The molecule has 5 nitrogen and oxygen atoms in total. The molecule has 5 heteroatoms. The number of carbonyl (C=O) groups excluding carboxylic acids is 2. The Morgan fingerprint density at radius 2 is 1.90 bits per heavy atom. The largest absolute Gasteiger partial charge is 0.335 e. The predicted molar refractivity (Wildman–Crippen MR) is 80.9 cm³/mol. The number of para-hydroxylation sites is 1. The summed E-state index contributed by atoms with van der Waals surface area (Å²) >= 11 is 0. The van der Waals surface area contributed by atoms with E-state index in [1.165, 1.54) is 19.3 Å². The third-order valence-corrected chi connectivity index (χ3v) is 4.21. The molecule has 0 unspecified atom stereocenters. The molecule has 0 atom stereocenters. The van der Waals surface area contributed by atoms with Gasteiger partial charge >= 0.3 is 6.03 Å². The maximum absolute atomic E-state index is 12.4. The van der Waals surface area contributed by atoms with Crippen molar-refractivity contribution in [3.8, 4) is 0 Å². The number of hydrogen-bond acceptors (Lipinski definition) is 2. The second-order valence-electron chi connectivity index (χ2n) is 5.85. The van der Waals surface area contributed by atoms with E-state index < -0.39 is 0 Å². The molecule has 112 valence electrons. The number of nitrogens with zero attached hydrogens (tertiary/aromatic N) is 1. The van der Waals surface area contributed by atoms with Crippen LogP contribution >= 0.6 is 0 Å². The SMILES string of the molecule is O=C1CN(C(=O)NC2CCCCC2)Cc2ccccc2N1. The van der Waals surface area contributed by atoms with Gasteiger partial charge in [-0.25, -0.2) is 4.79 Å². The first kappa shape index (κ1) is 13.9. The summed E-state index contributed by atoms with van der Waals surface area (Å²) in [4.78, 5) is 25.9. The fourth-order valence-corrected chi connectivity index (χ4v) is 3.06. The van der Waals surface area contributed by atoms with Gasteiger partial charge < -0.3 is 15.5 Å². The van der Waals surface area contributed by atoms with E-state index in [2.05, 4.69) is 10.6 Å². The van der Waals surface area contributed by atoms with Crippen LogP contribution in [0.25, 0.3) is 0 Å². The Labute approximate surface area is 124 Å². The van der Waals surface area contributed by atoms with Gasteiger partial charge in [-0.15, -0.1) is 0 Å². The Morgan fingerprint density at radius 1 is 1.14 bits per heavy atom. The van der Waals surface area contributed by atoms with Crippen LogP contribution < -0.4 is 10.6 Å². The molecule has 3 amide bonds. The van der Waals surface area contributed by atoms with Crippen molar-refractivity contribution in [2.24, 2.45) is 0 Å². The number of nitrogens with one attached hydrogen (secondary N) is 2. The summed E-state index contributed by atoms with van der Waals surface area (Å²) in [5.41, 5.74) is 1.78. The number of rotatable bonds is 1. The molecule has 0 aromatic heterocycles. The van der Waals surface area contributed by atoms with E-state index >= 15 is 0 Å². The summed E-state index contributed by atoms with van der Waals surface area (Å²) in [6, 6.07) is 7.75. The summed E-state index contributed by atoms with van der Waals surface area (Å²) in [7, 11) is 0. The highest BCUT2D eigenvalue weighted by atomic mass is 16.2. The smallest absolute Gasteiger partial charge is 0.318 e. The number of carbonyl (C=O) groups is 2. The first-order valence-corrected chi connectivity index (χ1v) is 7.65. The van der Waals surface area contributed by atoms with Gasteiger partial charge in [0.15, 0.2) is 0 Å². The van der Waals surface area contributed by atoms with E-state index in [4.69, 9.17) is 0 Å². The van der Waals surface area contributed by atoms with Crippen molar-refractivity contribution in [3.63, 3.8) is 0 Å². The summed E-state index contributed by atoms with van der Waals surface area (Å²) in [6.45, 7) is 0.570. The summed E-state index contributed by atoms with van der Waals surface area (Å²) in [5, 5.41) is 5.92. The summed E-state index contributed by atoms with van der Waals surface area (Å²) in [5.74, 6) is -0.140. The van der Waals surface area contributed by atoms with Gasteiger partial charge in [0.25, 0.3) is 0 Å². The van der Waals surface area contributed by atoms with Gasteiger partial charge in [0.05, 0.1) is 6.54 Å². The molecule has 3 rings (SSSR count). The minimum absolute atomic E-state index is 0.104. The molecular formula is C16H21N3O2. The molecule has 1 aromatic rings. The number of hydrogen-bond donors (Lipinski definition) is 2. The maximum atomic E-state index is 12.4. The molecule has 0 radical (unpaired) electrons. The van der Waals surface area contributed by atoms with E-state index in [1.807, 2.05) is 24.3 Å². The van der Waals surface area contributed by atoms with Gasteiger partial charge in [0.1, 0.15) is 6.54 Å². The van der Waals surface area contributed by atoms with Crippen molar-refractivity contribution >= 4 is 17.6 Å². The normalized spacial score (nSPS) is 19.4. The zero-order chi connectivity index (χ0) is 14.7. The third-order valence-electron chi connectivity index (χ3n) is 4.21. The van der Waals surface area contributed by atoms with Crippen LogP contribution in [-0.2, 0) is 11.3 Å². The monoisotopic (exact) mass is 287 g/mol. The second kappa shape index (κ2) is 6.16. The molecule has 2 N–H and O–H groups in total. The Morgan fingerprint density at radius 3 is 2.71 bits per heavy atom. The highest BCUT2D eigenvalue weighted by Crippen LogP contribution is 2.21. The zero-order valence-electron chi connectivity index (χ0n) is 12.1. The van der Waals surface area contributed by atoms with E-state index in [0.717, 1.165) is 24.1 Å². The Balaban J connectivity index is 1.69. The van der Waals surface area contributed by atoms with E-state index in [0.29, 0.717) is 6.54 Å². The molecule has 0 bridgehead atoms. The molecule has 1 aliphatic carbocycles. The van der Waals surface area contributed by atoms with Gasteiger partial charge in [-0.1, -0.05) is 37.5 Å². The molecule has 1 heterocycles. The minimum atomic E-state index is -0.140. The van der Waals surface area contributed by atoms with Crippen molar-refractivity contribution < 1.29 is 9.59 Å². The van der Waals surface area contributed by atoms with Gasteiger partial charge in [0, 0.05) is 11.7 Å². The second-order valence-corrected chi connectivity index (χ2v) is 5.85. The number of urea groups is 1. The van der Waals surface area contributed by atoms with Gasteiger partial charge in [-0.3, -0.25) is 4.79 Å². The van der Waals surface area contributed by atoms with Crippen LogP contribution in [-0.4, -0.2) is 29.4 Å². The maximum Gasteiger partial charge on any atom is 0.318 e. The molecular weight excluding hydrogens is 266 g/mol. The minimum Gasteiger partial charge on any atom is -0.335 e. The number of anilines is 1. The third kappa shape index (κ3) is 3.35. The fraction of sp³-hybridized carbons (Fsp3) is 0.500. The molecule has 2 aliphatic rings. The van der Waals surface area contributed by atoms with Crippen molar-refractivity contribution in [1.82, 2.24) is 10.2 Å². The number of fused-ring (bicyclic) bond motifs is 1. The lowest BCUT2D eigenvalue weighted by atomic mass is 9.96. The van der Waals surface area contributed by atoms with Crippen LogP contribution in [0.15, 0.2) is 24.3 Å². The van der Waals surface area contributed by atoms with Crippen molar-refractivity contribution in [2.75, 3.05) is 11.9 Å². The molecule has 0 spiro atoms. The van der Waals surface area contributed by atoms with E-state index in [1.54, 1.807) is 4.90 Å². The van der Waals surface area contributed by atoms with Crippen LogP contribution in [0.3, 0.4) is 0 Å². The van der Waals surface area contributed by atoms with Gasteiger partial charge in [-0.05, 0) is 24.5 Å². The lowest BCUT2D eigenvalue weighted by molar-refractivity contribution is -0.116. The Hall–Kier alpha value is -2.04. The average molecular weight is 287 g/mol. The molecule has 1 saturated carbocycles. The van der Waals surface area contributed by atoms with Crippen LogP contribution in [0.5, 0.6) is 0 Å². The van der Waals surface area contributed by atoms with E-state index in [9.17, 15) is 9.59 Å². The summed E-state index contributed by atoms with van der Waals surface area (Å²) in [6.07, 6.45) is 5.69. The highest BCUT2D eigenvalue weighted by molar-refractivity contribution is 5.96. The zero-order valence-corrected chi connectivity index (χ0v) is 12.1. The average Bonchev–Trinajstić information content (AvgIpc) is 2.66. The molecule has 21 heavy (non-hydrogen) atoms. The standard InChI is InChI=1S/C16H21N3O2/c20-15-11-19(10-12-6-4-5-9-14(12)18-15)16(21)17-13-7-2-1-3-8-13/h4-6,9,13H,1-3,7-8,10-11H2,(H,17,21)(H,18,20). The Kier molecular flexibility index (Phi) is 4.08. The van der Waals surface area contributed by atoms with Gasteiger partial charge in [-0.2, -0.15) is 0 Å². The first-order chi connectivity index (χ1) is 10.2. The van der Waals surface area contributed by atoms with Crippen LogP contribution in [0.2, 0.25) is 0 Å². The molecule has 1 aromatic carbocycles. The fourth-order valence-electron chi connectivity index (χ4n) is 3.06. The number of benzene rings is 1. The first-order valence-electron chi connectivity index (χ1n) is 7.65. The van der Waals surface area contributed by atoms with Crippen molar-refractivity contribution in [3.05, 3.63) is 29.8 Å². The van der Waals surface area contributed by atoms with Gasteiger partial charge in [0.2, 0.25) is 5.91 Å². The van der Waals surface area contributed by atoms with Crippen molar-refractivity contribution in [2.45, 2.75) is 44.7 Å². The quantitative estimate of drug-likeness (QED) is 0.833. The summed E-state index contributed by atoms with van der Waals surface area (Å²) < 4.78 is 0.